The van der Waals surface area contributed by atoms with E-state index in [1.165, 1.54) is 31.6 Å². The van der Waals surface area contributed by atoms with E-state index < -0.39 is 0 Å². The van der Waals surface area contributed by atoms with Crippen LogP contribution in [0.15, 0.2) is 11.4 Å². The normalized spacial score (nSPS) is 18.5. The second-order valence-electron chi connectivity index (χ2n) is 5.89. The number of nitrogens with zero attached hydrogens (tertiary/aromatic N) is 1. The predicted octanol–water partition coefficient (Wildman–Crippen LogP) is 2.53. The second kappa shape index (κ2) is 5.51. The molecule has 0 radical (unpaired) electrons. The summed E-state index contributed by atoms with van der Waals surface area (Å²) in [4.78, 5) is 4.16. The third-order valence-electron chi connectivity index (χ3n) is 3.47. The Labute approximate surface area is 109 Å². The minimum Gasteiger partial charge on any atom is -0.314 e. The van der Waals surface area contributed by atoms with E-state index in [4.69, 9.17) is 0 Å². The van der Waals surface area contributed by atoms with Crippen molar-refractivity contribution >= 4 is 11.3 Å². The number of thiophene rings is 1. The fourth-order valence-electron chi connectivity index (χ4n) is 2.55. The lowest BCUT2D eigenvalue weighted by atomic mass is 9.87. The molecule has 2 heterocycles. The van der Waals surface area contributed by atoms with Gasteiger partial charge in [0.2, 0.25) is 0 Å². The Morgan fingerprint density at radius 2 is 2.06 bits per heavy atom. The second-order valence-corrected chi connectivity index (χ2v) is 6.89. The molecule has 0 unspecified atom stereocenters. The molecule has 1 fully saturated rings. The van der Waals surface area contributed by atoms with Crippen LogP contribution in [0.1, 0.15) is 24.3 Å². The van der Waals surface area contributed by atoms with Gasteiger partial charge >= 0.3 is 0 Å². The summed E-state index contributed by atoms with van der Waals surface area (Å²) in [6.07, 6.45) is 1.21. The zero-order valence-electron chi connectivity index (χ0n) is 11.3. The highest BCUT2D eigenvalue weighted by Gasteiger charge is 2.24. The fourth-order valence-corrected chi connectivity index (χ4v) is 3.71. The van der Waals surface area contributed by atoms with Crippen molar-refractivity contribution < 1.29 is 0 Å². The molecule has 0 aromatic carbocycles. The third-order valence-corrected chi connectivity index (χ3v) is 4.49. The lowest BCUT2D eigenvalue weighted by molar-refractivity contribution is 0.161. The van der Waals surface area contributed by atoms with Crippen LogP contribution in [0.2, 0.25) is 0 Å². The molecule has 0 amide bonds. The Kier molecular flexibility index (Phi) is 4.23. The minimum absolute atomic E-state index is 0.382. The fraction of sp³-hybridized carbons (Fsp3) is 0.714. The lowest BCUT2D eigenvalue weighted by Gasteiger charge is -2.35. The van der Waals surface area contributed by atoms with E-state index in [0.29, 0.717) is 5.41 Å². The van der Waals surface area contributed by atoms with Crippen LogP contribution in [0.5, 0.6) is 0 Å². The summed E-state index contributed by atoms with van der Waals surface area (Å²) in [7, 11) is 0. The molecule has 1 aliphatic rings. The van der Waals surface area contributed by atoms with Crippen LogP contribution in [-0.4, -0.2) is 37.6 Å². The van der Waals surface area contributed by atoms with Gasteiger partial charge in [0.05, 0.1) is 0 Å². The molecule has 0 bridgehead atoms. The van der Waals surface area contributed by atoms with Gasteiger partial charge < -0.3 is 10.2 Å². The van der Waals surface area contributed by atoms with E-state index in [1.807, 2.05) is 11.3 Å². The van der Waals surface area contributed by atoms with Gasteiger partial charge in [0.1, 0.15) is 0 Å². The number of rotatable bonds is 4. The largest absolute Gasteiger partial charge is 0.314 e. The molecule has 96 valence electrons. The van der Waals surface area contributed by atoms with Crippen molar-refractivity contribution in [2.45, 2.75) is 27.2 Å². The highest BCUT2D eigenvalue weighted by atomic mass is 32.1. The van der Waals surface area contributed by atoms with Crippen LogP contribution in [0.25, 0.3) is 0 Å². The average Bonchev–Trinajstić information content (AvgIpc) is 2.64. The van der Waals surface area contributed by atoms with Gasteiger partial charge in [-0.25, -0.2) is 0 Å². The molecule has 0 spiro atoms. The van der Waals surface area contributed by atoms with Gasteiger partial charge in [-0.05, 0) is 35.8 Å². The van der Waals surface area contributed by atoms with Crippen molar-refractivity contribution in [3.8, 4) is 0 Å². The maximum Gasteiger partial charge on any atom is 0.0108 e. The summed E-state index contributed by atoms with van der Waals surface area (Å²) in [5, 5.41) is 5.63. The molecule has 0 aliphatic carbocycles. The van der Waals surface area contributed by atoms with Gasteiger partial charge in [0, 0.05) is 37.6 Å². The topological polar surface area (TPSA) is 15.3 Å². The van der Waals surface area contributed by atoms with Gasteiger partial charge in [0.15, 0.2) is 0 Å². The van der Waals surface area contributed by atoms with Crippen molar-refractivity contribution in [1.82, 2.24) is 10.2 Å². The van der Waals surface area contributed by atoms with Crippen molar-refractivity contribution in [1.29, 1.82) is 0 Å². The molecule has 2 nitrogen and oxygen atoms in total. The first-order valence-corrected chi connectivity index (χ1v) is 7.41. The Hall–Kier alpha value is -0.380. The molecular formula is C14H24N2S. The van der Waals surface area contributed by atoms with E-state index >= 15 is 0 Å². The molecule has 3 heteroatoms. The van der Waals surface area contributed by atoms with Gasteiger partial charge in [-0.1, -0.05) is 13.8 Å². The van der Waals surface area contributed by atoms with Gasteiger partial charge in [-0.3, -0.25) is 0 Å². The monoisotopic (exact) mass is 252 g/mol. The Morgan fingerprint density at radius 1 is 1.35 bits per heavy atom. The summed E-state index contributed by atoms with van der Waals surface area (Å²) < 4.78 is 0. The summed E-state index contributed by atoms with van der Waals surface area (Å²) in [5.74, 6) is 0. The van der Waals surface area contributed by atoms with Crippen molar-refractivity contribution in [3.63, 3.8) is 0 Å². The standard InChI is InChI=1S/C14H24N2S/c1-12-4-9-17-13(12)10-14(2,3)11-16-7-5-15-6-8-16/h4,9,15H,5-8,10-11H2,1-3H3. The third kappa shape index (κ3) is 3.80. The zero-order chi connectivity index (χ0) is 12.3. The maximum atomic E-state index is 3.42. The molecule has 1 aromatic rings. The smallest absolute Gasteiger partial charge is 0.0108 e. The Balaban J connectivity index is 1.91. The Morgan fingerprint density at radius 3 is 2.65 bits per heavy atom. The van der Waals surface area contributed by atoms with Crippen LogP contribution in [-0.2, 0) is 6.42 Å². The molecule has 2 rings (SSSR count). The molecule has 1 aliphatic heterocycles. The van der Waals surface area contributed by atoms with Crippen LogP contribution >= 0.6 is 11.3 Å². The molecule has 0 saturated carbocycles. The van der Waals surface area contributed by atoms with Crippen molar-refractivity contribution in [3.05, 3.63) is 21.9 Å². The van der Waals surface area contributed by atoms with E-state index in [2.05, 4.69) is 42.4 Å². The summed E-state index contributed by atoms with van der Waals surface area (Å²) in [6, 6.07) is 2.24. The van der Waals surface area contributed by atoms with Crippen molar-refractivity contribution in [2.75, 3.05) is 32.7 Å². The van der Waals surface area contributed by atoms with E-state index in [1.54, 1.807) is 4.88 Å². The molecular weight excluding hydrogens is 228 g/mol. The minimum atomic E-state index is 0.382. The number of hydrogen-bond acceptors (Lipinski definition) is 3. The number of nitrogens with one attached hydrogen (secondary N) is 1. The summed E-state index contributed by atoms with van der Waals surface area (Å²) in [5.41, 5.74) is 1.84. The number of piperazine rings is 1. The highest BCUT2D eigenvalue weighted by molar-refractivity contribution is 7.10. The molecule has 1 N–H and O–H groups in total. The number of aryl methyl sites for hydroxylation is 1. The quantitative estimate of drug-likeness (QED) is 0.886. The van der Waals surface area contributed by atoms with Gasteiger partial charge in [-0.2, -0.15) is 0 Å². The molecule has 1 saturated heterocycles. The van der Waals surface area contributed by atoms with Crippen LogP contribution in [0, 0.1) is 12.3 Å². The predicted molar refractivity (Wildman–Crippen MR) is 75.9 cm³/mol. The van der Waals surface area contributed by atoms with Gasteiger partial charge in [-0.15, -0.1) is 11.3 Å². The lowest BCUT2D eigenvalue weighted by Crippen LogP contribution is -2.47. The summed E-state index contributed by atoms with van der Waals surface area (Å²) in [6.45, 7) is 12.9. The maximum absolute atomic E-state index is 3.42. The zero-order valence-corrected chi connectivity index (χ0v) is 12.1. The molecule has 1 aromatic heterocycles. The highest BCUT2D eigenvalue weighted by Crippen LogP contribution is 2.28. The van der Waals surface area contributed by atoms with Crippen molar-refractivity contribution in [2.24, 2.45) is 5.41 Å². The first-order chi connectivity index (χ1) is 8.07. The van der Waals surface area contributed by atoms with Crippen LogP contribution in [0.3, 0.4) is 0 Å². The number of hydrogen-bond donors (Lipinski definition) is 1. The van der Waals surface area contributed by atoms with E-state index in [0.717, 1.165) is 13.1 Å². The Bertz CT molecular complexity index is 351. The average molecular weight is 252 g/mol. The van der Waals surface area contributed by atoms with E-state index in [9.17, 15) is 0 Å². The first kappa shape index (κ1) is 13.1. The first-order valence-electron chi connectivity index (χ1n) is 6.53. The van der Waals surface area contributed by atoms with Gasteiger partial charge in [0.25, 0.3) is 0 Å². The summed E-state index contributed by atoms with van der Waals surface area (Å²) >= 11 is 1.91. The van der Waals surface area contributed by atoms with E-state index in [-0.39, 0.29) is 0 Å². The van der Waals surface area contributed by atoms with Crippen LogP contribution in [0.4, 0.5) is 0 Å². The molecule has 17 heavy (non-hydrogen) atoms. The molecule has 0 atom stereocenters. The van der Waals surface area contributed by atoms with Crippen LogP contribution < -0.4 is 5.32 Å². The SMILES string of the molecule is Cc1ccsc1CC(C)(C)CN1CCNCC1.